The molecule has 0 aliphatic carbocycles. The zero-order chi connectivity index (χ0) is 10.2. The molecule has 1 saturated heterocycles. The van der Waals surface area contributed by atoms with Gasteiger partial charge in [0.05, 0.1) is 0 Å². The number of carbonyl (C=O) groups excluding carboxylic acids is 1. The Morgan fingerprint density at radius 2 is 1.93 bits per heavy atom. The summed E-state index contributed by atoms with van der Waals surface area (Å²) < 4.78 is 0. The van der Waals surface area contributed by atoms with Gasteiger partial charge in [-0.05, 0) is 29.8 Å². The van der Waals surface area contributed by atoms with E-state index in [-0.39, 0.29) is 5.78 Å². The molecular weight excluding hydrogens is 192 g/mol. The van der Waals surface area contributed by atoms with E-state index < -0.39 is 0 Å². The van der Waals surface area contributed by atoms with Gasteiger partial charge in [0.15, 0.2) is 5.75 Å². The lowest BCUT2D eigenvalue weighted by Gasteiger charge is -1.95. The first-order chi connectivity index (χ1) is 6.83. The molecule has 14 heavy (non-hydrogen) atoms. The molecule has 1 nitrogen and oxygen atoms in total. The van der Waals surface area contributed by atoms with Crippen molar-refractivity contribution >= 4 is 16.7 Å². The van der Waals surface area contributed by atoms with Gasteiger partial charge in [0.25, 0.3) is 0 Å². The fourth-order valence-electron chi connectivity index (χ4n) is 1.41. The second kappa shape index (κ2) is 6.66. The zero-order valence-corrected chi connectivity index (χ0v) is 9.26. The predicted octanol–water partition coefficient (Wildman–Crippen LogP) is 2.27. The van der Waals surface area contributed by atoms with E-state index in [4.69, 9.17) is 0 Å². The Kier molecular flexibility index (Phi) is 5.38. The summed E-state index contributed by atoms with van der Waals surface area (Å²) in [6, 6.07) is 0. The SMILES string of the molecule is C=C/C=C\C=C\C(=O)C[S+]1CCCC1. The van der Waals surface area contributed by atoms with E-state index in [9.17, 15) is 4.79 Å². The summed E-state index contributed by atoms with van der Waals surface area (Å²) in [5.41, 5.74) is 0. The van der Waals surface area contributed by atoms with Crippen molar-refractivity contribution in [1.82, 2.24) is 0 Å². The normalized spacial score (nSPS) is 18.3. The van der Waals surface area contributed by atoms with E-state index in [1.54, 1.807) is 18.2 Å². The molecule has 0 radical (unpaired) electrons. The highest BCUT2D eigenvalue weighted by molar-refractivity contribution is 7.97. The molecule has 0 amide bonds. The minimum Gasteiger partial charge on any atom is -0.290 e. The van der Waals surface area contributed by atoms with Gasteiger partial charge in [-0.25, -0.2) is 0 Å². The Balaban J connectivity index is 2.23. The highest BCUT2D eigenvalue weighted by Crippen LogP contribution is 2.13. The van der Waals surface area contributed by atoms with E-state index in [0.717, 1.165) is 5.75 Å². The lowest BCUT2D eigenvalue weighted by molar-refractivity contribution is -0.112. The zero-order valence-electron chi connectivity index (χ0n) is 8.45. The molecule has 0 bridgehead atoms. The Labute approximate surface area is 88.9 Å². The maximum absolute atomic E-state index is 11.4. The first kappa shape index (κ1) is 11.3. The van der Waals surface area contributed by atoms with Gasteiger partial charge in [0.1, 0.15) is 11.5 Å². The summed E-state index contributed by atoms with van der Waals surface area (Å²) in [4.78, 5) is 11.4. The molecule has 1 heterocycles. The van der Waals surface area contributed by atoms with Crippen molar-refractivity contribution in [3.63, 3.8) is 0 Å². The van der Waals surface area contributed by atoms with Crippen LogP contribution >= 0.6 is 0 Å². The highest BCUT2D eigenvalue weighted by atomic mass is 32.2. The number of hydrogen-bond acceptors (Lipinski definition) is 1. The van der Waals surface area contributed by atoms with Crippen LogP contribution in [0.4, 0.5) is 0 Å². The van der Waals surface area contributed by atoms with Crippen molar-refractivity contribution in [2.45, 2.75) is 12.8 Å². The van der Waals surface area contributed by atoms with Crippen molar-refractivity contribution in [3.8, 4) is 0 Å². The molecule has 1 aliphatic rings. The van der Waals surface area contributed by atoms with Crippen LogP contribution in [-0.4, -0.2) is 23.0 Å². The highest BCUT2D eigenvalue weighted by Gasteiger charge is 2.25. The number of carbonyl (C=O) groups is 1. The molecule has 0 atom stereocenters. The summed E-state index contributed by atoms with van der Waals surface area (Å²) in [7, 11) is 0.390. The van der Waals surface area contributed by atoms with Crippen LogP contribution in [0.3, 0.4) is 0 Å². The lowest BCUT2D eigenvalue weighted by atomic mass is 10.3. The fourth-order valence-corrected chi connectivity index (χ4v) is 3.63. The average molecular weight is 209 g/mol. The predicted molar refractivity (Wildman–Crippen MR) is 64.7 cm³/mol. The Morgan fingerprint density at radius 3 is 2.57 bits per heavy atom. The van der Waals surface area contributed by atoms with Crippen molar-refractivity contribution in [1.29, 1.82) is 0 Å². The van der Waals surface area contributed by atoms with Gasteiger partial charge in [-0.2, -0.15) is 0 Å². The van der Waals surface area contributed by atoms with Crippen molar-refractivity contribution in [2.75, 3.05) is 17.3 Å². The smallest absolute Gasteiger partial charge is 0.204 e. The van der Waals surface area contributed by atoms with E-state index in [1.165, 1.54) is 24.3 Å². The van der Waals surface area contributed by atoms with Gasteiger partial charge in [0, 0.05) is 0 Å². The molecule has 0 spiro atoms. The molecule has 0 aromatic heterocycles. The molecule has 0 saturated carbocycles. The van der Waals surface area contributed by atoms with E-state index >= 15 is 0 Å². The Morgan fingerprint density at radius 1 is 1.21 bits per heavy atom. The summed E-state index contributed by atoms with van der Waals surface area (Å²) in [5, 5.41) is 0. The fraction of sp³-hybridized carbons (Fsp3) is 0.417. The third-order valence-electron chi connectivity index (χ3n) is 2.10. The van der Waals surface area contributed by atoms with Gasteiger partial charge < -0.3 is 0 Å². The van der Waals surface area contributed by atoms with Crippen LogP contribution in [0.15, 0.2) is 37.0 Å². The van der Waals surface area contributed by atoms with Crippen LogP contribution in [0.1, 0.15) is 12.8 Å². The van der Waals surface area contributed by atoms with Gasteiger partial charge in [-0.15, -0.1) is 0 Å². The molecule has 0 aromatic carbocycles. The van der Waals surface area contributed by atoms with E-state index in [1.807, 2.05) is 12.2 Å². The van der Waals surface area contributed by atoms with Crippen molar-refractivity contribution in [3.05, 3.63) is 37.0 Å². The monoisotopic (exact) mass is 209 g/mol. The van der Waals surface area contributed by atoms with Gasteiger partial charge in [-0.1, -0.05) is 30.9 Å². The molecule has 1 fully saturated rings. The van der Waals surface area contributed by atoms with Crippen molar-refractivity contribution < 1.29 is 4.79 Å². The second-order valence-corrected chi connectivity index (χ2v) is 5.65. The van der Waals surface area contributed by atoms with E-state index in [0.29, 0.717) is 10.9 Å². The quantitative estimate of drug-likeness (QED) is 0.386. The van der Waals surface area contributed by atoms with Crippen molar-refractivity contribution in [2.24, 2.45) is 0 Å². The first-order valence-electron chi connectivity index (χ1n) is 4.95. The molecular formula is C12H17OS+. The lowest BCUT2D eigenvalue weighted by Crippen LogP contribution is -2.15. The third kappa shape index (κ3) is 4.47. The first-order valence-corrected chi connectivity index (χ1v) is 6.69. The molecule has 1 aliphatic heterocycles. The van der Waals surface area contributed by atoms with Crippen LogP contribution in [0.2, 0.25) is 0 Å². The topological polar surface area (TPSA) is 17.1 Å². The van der Waals surface area contributed by atoms with Gasteiger partial charge >= 0.3 is 0 Å². The van der Waals surface area contributed by atoms with Crippen LogP contribution in [-0.2, 0) is 15.7 Å². The summed E-state index contributed by atoms with van der Waals surface area (Å²) in [6.07, 6.45) is 11.5. The molecule has 76 valence electrons. The molecule has 0 unspecified atom stereocenters. The maximum Gasteiger partial charge on any atom is 0.204 e. The summed E-state index contributed by atoms with van der Waals surface area (Å²) in [6.45, 7) is 3.56. The van der Waals surface area contributed by atoms with Crippen LogP contribution in [0.5, 0.6) is 0 Å². The molecule has 2 heteroatoms. The number of rotatable bonds is 5. The minimum absolute atomic E-state index is 0.268. The Hall–Kier alpha value is -0.760. The second-order valence-electron chi connectivity index (χ2n) is 3.32. The van der Waals surface area contributed by atoms with Crippen LogP contribution in [0.25, 0.3) is 0 Å². The maximum atomic E-state index is 11.4. The average Bonchev–Trinajstić information content (AvgIpc) is 2.65. The minimum atomic E-state index is 0.268. The summed E-state index contributed by atoms with van der Waals surface area (Å²) in [5.74, 6) is 3.56. The number of allylic oxidation sites excluding steroid dienone is 5. The van der Waals surface area contributed by atoms with E-state index in [2.05, 4.69) is 6.58 Å². The van der Waals surface area contributed by atoms with Crippen LogP contribution < -0.4 is 0 Å². The van der Waals surface area contributed by atoms with Crippen LogP contribution in [0, 0.1) is 0 Å². The number of ketones is 1. The summed E-state index contributed by atoms with van der Waals surface area (Å²) >= 11 is 0. The van der Waals surface area contributed by atoms with Gasteiger partial charge in [-0.3, -0.25) is 4.79 Å². The Bertz CT molecular complexity index is 247. The number of hydrogen-bond donors (Lipinski definition) is 0. The standard InChI is InChI=1S/C12H17OS/c1-2-3-4-5-8-12(13)11-14-9-6-7-10-14/h2-5,8H,1,6-7,9-11H2/q+1/b4-3-,8-5+. The molecule has 0 N–H and O–H groups in total. The van der Waals surface area contributed by atoms with Gasteiger partial charge in [0.2, 0.25) is 5.78 Å². The molecule has 0 aromatic rings. The molecule has 1 rings (SSSR count). The largest absolute Gasteiger partial charge is 0.290 e. The third-order valence-corrected chi connectivity index (χ3v) is 4.53.